The van der Waals surface area contributed by atoms with Crippen LogP contribution < -0.4 is 4.72 Å². The molecule has 112 valence electrons. The molecule has 1 saturated heterocycles. The van der Waals surface area contributed by atoms with Gasteiger partial charge in [-0.15, -0.1) is 0 Å². The van der Waals surface area contributed by atoms with Crippen molar-refractivity contribution in [1.82, 2.24) is 9.62 Å². The van der Waals surface area contributed by atoms with Gasteiger partial charge in [0.25, 0.3) is 0 Å². The summed E-state index contributed by atoms with van der Waals surface area (Å²) in [7, 11) is -3.25. The molecule has 1 N–H and O–H groups in total. The predicted molar refractivity (Wildman–Crippen MR) is 72.6 cm³/mol. The maximum atomic E-state index is 13.6. The van der Waals surface area contributed by atoms with Crippen molar-refractivity contribution in [1.29, 1.82) is 0 Å². The van der Waals surface area contributed by atoms with Crippen molar-refractivity contribution in [3.63, 3.8) is 0 Å². The molecule has 20 heavy (non-hydrogen) atoms. The third kappa shape index (κ3) is 4.22. The quantitative estimate of drug-likeness (QED) is 0.916. The van der Waals surface area contributed by atoms with E-state index in [1.165, 1.54) is 6.07 Å². The lowest BCUT2D eigenvalue weighted by molar-refractivity contribution is 0.192. The van der Waals surface area contributed by atoms with Gasteiger partial charge in [0.1, 0.15) is 0 Å². The van der Waals surface area contributed by atoms with Crippen molar-refractivity contribution in [2.45, 2.75) is 25.4 Å². The molecule has 1 unspecified atom stereocenters. The van der Waals surface area contributed by atoms with Gasteiger partial charge in [0.05, 0.1) is 6.26 Å². The minimum absolute atomic E-state index is 0.171. The molecule has 4 nitrogen and oxygen atoms in total. The average molecular weight is 304 g/mol. The van der Waals surface area contributed by atoms with Crippen molar-refractivity contribution >= 4 is 10.0 Å². The van der Waals surface area contributed by atoms with Gasteiger partial charge >= 0.3 is 0 Å². The monoisotopic (exact) mass is 304 g/mol. The van der Waals surface area contributed by atoms with Crippen LogP contribution in [0.5, 0.6) is 0 Å². The van der Waals surface area contributed by atoms with Crippen molar-refractivity contribution in [2.75, 3.05) is 19.3 Å². The van der Waals surface area contributed by atoms with Crippen LogP contribution in [0.15, 0.2) is 18.2 Å². The first-order valence-corrected chi connectivity index (χ1v) is 8.37. The Kier molecular flexibility index (Phi) is 4.72. The number of halogens is 2. The molecule has 1 aliphatic heterocycles. The van der Waals surface area contributed by atoms with Crippen molar-refractivity contribution in [3.8, 4) is 0 Å². The van der Waals surface area contributed by atoms with Gasteiger partial charge < -0.3 is 0 Å². The highest BCUT2D eigenvalue weighted by Gasteiger charge is 2.23. The zero-order chi connectivity index (χ0) is 14.8. The lowest BCUT2D eigenvalue weighted by Crippen LogP contribution is -2.47. The maximum absolute atomic E-state index is 13.6. The number of nitrogens with one attached hydrogen (secondary N) is 1. The van der Waals surface area contributed by atoms with Gasteiger partial charge in [0.2, 0.25) is 10.0 Å². The standard InChI is InChI=1S/C13H18F2N2O2S/c1-20(18,19)16-11-5-3-7-17(9-11)8-10-4-2-6-12(14)13(10)15/h2,4,6,11,16H,3,5,7-9H2,1H3. The van der Waals surface area contributed by atoms with Crippen LogP contribution in [-0.4, -0.2) is 38.7 Å². The van der Waals surface area contributed by atoms with Crippen molar-refractivity contribution in [2.24, 2.45) is 0 Å². The molecule has 0 amide bonds. The van der Waals surface area contributed by atoms with E-state index < -0.39 is 21.7 Å². The summed E-state index contributed by atoms with van der Waals surface area (Å²) in [5.41, 5.74) is 0.296. The van der Waals surface area contributed by atoms with Crippen LogP contribution in [-0.2, 0) is 16.6 Å². The van der Waals surface area contributed by atoms with Gasteiger partial charge in [-0.2, -0.15) is 0 Å². The zero-order valence-corrected chi connectivity index (χ0v) is 12.1. The Morgan fingerprint density at radius 1 is 1.40 bits per heavy atom. The first-order chi connectivity index (χ1) is 9.35. The van der Waals surface area contributed by atoms with Gasteiger partial charge in [-0.3, -0.25) is 4.90 Å². The molecule has 1 heterocycles. The van der Waals surface area contributed by atoms with Crippen LogP contribution in [0, 0.1) is 11.6 Å². The highest BCUT2D eigenvalue weighted by molar-refractivity contribution is 7.88. The number of benzene rings is 1. The average Bonchev–Trinajstić information content (AvgIpc) is 2.33. The minimum atomic E-state index is -3.25. The molecule has 0 spiro atoms. The van der Waals surface area contributed by atoms with E-state index in [-0.39, 0.29) is 12.6 Å². The van der Waals surface area contributed by atoms with Crippen LogP contribution in [0.25, 0.3) is 0 Å². The van der Waals surface area contributed by atoms with Crippen LogP contribution in [0.3, 0.4) is 0 Å². The lowest BCUT2D eigenvalue weighted by Gasteiger charge is -2.32. The Bertz CT molecular complexity index is 578. The molecule has 1 aromatic carbocycles. The first-order valence-electron chi connectivity index (χ1n) is 6.48. The highest BCUT2D eigenvalue weighted by atomic mass is 32.2. The molecule has 0 aromatic heterocycles. The molecule has 0 radical (unpaired) electrons. The Balaban J connectivity index is 2.01. The number of hydrogen-bond acceptors (Lipinski definition) is 3. The predicted octanol–water partition coefficient (Wildman–Crippen LogP) is 1.48. The van der Waals surface area contributed by atoms with Crippen LogP contribution >= 0.6 is 0 Å². The molecular formula is C13H18F2N2O2S. The number of sulfonamides is 1. The molecule has 1 aliphatic rings. The maximum Gasteiger partial charge on any atom is 0.208 e. The lowest BCUT2D eigenvalue weighted by atomic mass is 10.1. The van der Waals surface area contributed by atoms with Gasteiger partial charge in [0.15, 0.2) is 11.6 Å². The molecule has 1 fully saturated rings. The molecule has 7 heteroatoms. The molecule has 1 aromatic rings. The molecule has 2 rings (SSSR count). The van der Waals surface area contributed by atoms with E-state index in [0.29, 0.717) is 12.1 Å². The number of piperidine rings is 1. The summed E-state index contributed by atoms with van der Waals surface area (Å²) in [6, 6.07) is 3.94. The third-order valence-corrected chi connectivity index (χ3v) is 4.07. The second-order valence-corrected chi connectivity index (χ2v) is 6.96. The van der Waals surface area contributed by atoms with Gasteiger partial charge in [-0.1, -0.05) is 12.1 Å². The third-order valence-electron chi connectivity index (χ3n) is 3.31. The van der Waals surface area contributed by atoms with Crippen LogP contribution in [0.4, 0.5) is 8.78 Å². The Morgan fingerprint density at radius 2 is 2.15 bits per heavy atom. The minimum Gasteiger partial charge on any atom is -0.297 e. The molecule has 0 saturated carbocycles. The van der Waals surface area contributed by atoms with Crippen molar-refractivity contribution in [3.05, 3.63) is 35.4 Å². The summed E-state index contributed by atoms with van der Waals surface area (Å²) in [5, 5.41) is 0. The second kappa shape index (κ2) is 6.15. The van der Waals surface area contributed by atoms with E-state index in [1.807, 2.05) is 4.90 Å². The summed E-state index contributed by atoms with van der Waals surface area (Å²) in [6.07, 6.45) is 2.71. The SMILES string of the molecule is CS(=O)(=O)NC1CCCN(Cc2cccc(F)c2F)C1. The fraction of sp³-hybridized carbons (Fsp3) is 0.538. The summed E-state index contributed by atoms with van der Waals surface area (Å²) in [6.45, 7) is 1.53. The normalized spacial score (nSPS) is 21.1. The molecule has 0 bridgehead atoms. The second-order valence-electron chi connectivity index (χ2n) is 5.18. The Morgan fingerprint density at radius 3 is 2.85 bits per heavy atom. The topological polar surface area (TPSA) is 49.4 Å². The van der Waals surface area contributed by atoms with E-state index in [9.17, 15) is 17.2 Å². The molecule has 0 aliphatic carbocycles. The van der Waals surface area contributed by atoms with E-state index in [1.54, 1.807) is 6.07 Å². The summed E-state index contributed by atoms with van der Waals surface area (Å²) >= 11 is 0. The van der Waals surface area contributed by atoms with Gasteiger partial charge in [0, 0.05) is 24.7 Å². The van der Waals surface area contributed by atoms with E-state index in [4.69, 9.17) is 0 Å². The van der Waals surface area contributed by atoms with Gasteiger partial charge in [-0.05, 0) is 25.5 Å². The number of rotatable bonds is 4. The zero-order valence-electron chi connectivity index (χ0n) is 11.3. The van der Waals surface area contributed by atoms with E-state index in [2.05, 4.69) is 4.72 Å². The highest BCUT2D eigenvalue weighted by Crippen LogP contribution is 2.17. The van der Waals surface area contributed by atoms with Crippen LogP contribution in [0.2, 0.25) is 0 Å². The first kappa shape index (κ1) is 15.3. The Hall–Kier alpha value is -1.05. The largest absolute Gasteiger partial charge is 0.297 e. The Labute approximate surface area is 117 Å². The summed E-state index contributed by atoms with van der Waals surface area (Å²) < 4.78 is 51.8. The number of nitrogens with zero attached hydrogens (tertiary/aromatic N) is 1. The summed E-state index contributed by atoms with van der Waals surface area (Å²) in [5.74, 6) is -1.68. The van der Waals surface area contributed by atoms with Gasteiger partial charge in [-0.25, -0.2) is 21.9 Å². The van der Waals surface area contributed by atoms with E-state index in [0.717, 1.165) is 31.7 Å². The molecule has 1 atom stereocenters. The fourth-order valence-corrected chi connectivity index (χ4v) is 3.31. The number of likely N-dealkylation sites (tertiary alicyclic amines) is 1. The van der Waals surface area contributed by atoms with Crippen molar-refractivity contribution < 1.29 is 17.2 Å². The summed E-state index contributed by atoms with van der Waals surface area (Å²) in [4.78, 5) is 1.93. The fourth-order valence-electron chi connectivity index (χ4n) is 2.51. The smallest absolute Gasteiger partial charge is 0.208 e. The van der Waals surface area contributed by atoms with E-state index >= 15 is 0 Å². The number of hydrogen-bond donors (Lipinski definition) is 1. The van der Waals surface area contributed by atoms with Crippen LogP contribution in [0.1, 0.15) is 18.4 Å². The molecular weight excluding hydrogens is 286 g/mol.